The number of amides is 1. The summed E-state index contributed by atoms with van der Waals surface area (Å²) in [5.74, 6) is -0.727. The van der Waals surface area contributed by atoms with Crippen molar-refractivity contribution in [2.45, 2.75) is 6.92 Å². The number of benzene rings is 2. The summed E-state index contributed by atoms with van der Waals surface area (Å²) in [6, 6.07) is 12.8. The Morgan fingerprint density at radius 2 is 1.87 bits per heavy atom. The number of aromatic nitrogens is 1. The van der Waals surface area contributed by atoms with Gasteiger partial charge < -0.3 is 9.88 Å². The molecule has 23 heavy (non-hydrogen) atoms. The van der Waals surface area contributed by atoms with E-state index in [1.54, 1.807) is 48.0 Å². The predicted molar refractivity (Wildman–Crippen MR) is 87.3 cm³/mol. The molecule has 1 aromatic heterocycles. The summed E-state index contributed by atoms with van der Waals surface area (Å²) in [7, 11) is 1.75. The Balaban J connectivity index is 1.93. The third-order valence-corrected chi connectivity index (χ3v) is 3.76. The fourth-order valence-electron chi connectivity index (χ4n) is 2.55. The number of anilines is 1. The summed E-state index contributed by atoms with van der Waals surface area (Å²) >= 11 is 0. The molecule has 0 spiro atoms. The van der Waals surface area contributed by atoms with Crippen LogP contribution in [-0.4, -0.2) is 16.3 Å². The summed E-state index contributed by atoms with van der Waals surface area (Å²) in [5.41, 5.74) is 2.26. The molecule has 0 saturated carbocycles. The highest BCUT2D eigenvalue weighted by atomic mass is 19.1. The maximum absolute atomic E-state index is 13.3. The normalized spacial score (nSPS) is 10.7. The van der Waals surface area contributed by atoms with Crippen LogP contribution in [-0.2, 0) is 7.05 Å². The Kier molecular flexibility index (Phi) is 3.70. The van der Waals surface area contributed by atoms with Gasteiger partial charge in [-0.1, -0.05) is 12.1 Å². The van der Waals surface area contributed by atoms with Crippen molar-refractivity contribution in [3.8, 4) is 0 Å². The molecule has 0 fully saturated rings. The highest BCUT2D eigenvalue weighted by Gasteiger charge is 2.14. The molecule has 3 aromatic rings. The van der Waals surface area contributed by atoms with Gasteiger partial charge in [0.25, 0.3) is 5.91 Å². The number of hydrogen-bond donors (Lipinski definition) is 1. The number of halogens is 1. The largest absolute Gasteiger partial charge is 0.340 e. The van der Waals surface area contributed by atoms with Gasteiger partial charge >= 0.3 is 0 Å². The maximum atomic E-state index is 13.3. The first-order valence-corrected chi connectivity index (χ1v) is 7.13. The topological polar surface area (TPSA) is 51.1 Å². The Morgan fingerprint density at radius 3 is 2.61 bits per heavy atom. The molecule has 4 nitrogen and oxygen atoms in total. The van der Waals surface area contributed by atoms with Gasteiger partial charge in [0.15, 0.2) is 5.78 Å². The molecule has 0 aliphatic carbocycles. The summed E-state index contributed by atoms with van der Waals surface area (Å²) in [5, 5.41) is 3.43. The minimum atomic E-state index is -0.343. The second-order valence-corrected chi connectivity index (χ2v) is 5.38. The number of rotatable bonds is 3. The van der Waals surface area contributed by atoms with Crippen LogP contribution >= 0.6 is 0 Å². The van der Waals surface area contributed by atoms with Gasteiger partial charge in [-0.05, 0) is 43.3 Å². The number of fused-ring (bicyclic) bond motifs is 1. The summed E-state index contributed by atoms with van der Waals surface area (Å²) in [6.45, 7) is 1.47. The molecule has 2 aromatic carbocycles. The van der Waals surface area contributed by atoms with E-state index in [0.29, 0.717) is 22.3 Å². The van der Waals surface area contributed by atoms with Crippen LogP contribution in [0.25, 0.3) is 10.9 Å². The molecule has 1 heterocycles. The number of nitrogens with one attached hydrogen (secondary N) is 1. The maximum Gasteiger partial charge on any atom is 0.272 e. The van der Waals surface area contributed by atoms with Crippen LogP contribution in [0.2, 0.25) is 0 Å². The van der Waals surface area contributed by atoms with E-state index in [9.17, 15) is 14.0 Å². The van der Waals surface area contributed by atoms with E-state index in [1.807, 2.05) is 0 Å². The van der Waals surface area contributed by atoms with E-state index in [-0.39, 0.29) is 17.5 Å². The van der Waals surface area contributed by atoms with Gasteiger partial charge in [-0.15, -0.1) is 0 Å². The lowest BCUT2D eigenvalue weighted by molar-refractivity contribution is 0.100. The number of carbonyl (C=O) groups excluding carboxylic acids is 2. The monoisotopic (exact) mass is 310 g/mol. The number of ketones is 1. The molecular weight excluding hydrogens is 295 g/mol. The first kappa shape index (κ1) is 15.0. The van der Waals surface area contributed by atoms with Gasteiger partial charge in [-0.2, -0.15) is 0 Å². The zero-order chi connectivity index (χ0) is 16.6. The molecule has 0 aliphatic rings. The molecule has 1 N–H and O–H groups in total. The van der Waals surface area contributed by atoms with E-state index >= 15 is 0 Å². The van der Waals surface area contributed by atoms with Crippen LogP contribution in [0.1, 0.15) is 27.8 Å². The first-order chi connectivity index (χ1) is 11.0. The smallest absolute Gasteiger partial charge is 0.272 e. The quantitative estimate of drug-likeness (QED) is 0.749. The SMILES string of the molecule is CC(=O)c1cccc(NC(=O)c2cc3cc(F)ccc3n2C)c1. The van der Waals surface area contributed by atoms with Crippen molar-refractivity contribution in [3.05, 3.63) is 65.6 Å². The molecule has 0 atom stereocenters. The van der Waals surface area contributed by atoms with Crippen molar-refractivity contribution in [1.82, 2.24) is 4.57 Å². The molecule has 0 saturated heterocycles. The zero-order valence-corrected chi connectivity index (χ0v) is 12.8. The van der Waals surface area contributed by atoms with Crippen LogP contribution < -0.4 is 5.32 Å². The Labute approximate surface area is 132 Å². The van der Waals surface area contributed by atoms with E-state index < -0.39 is 0 Å². The highest BCUT2D eigenvalue weighted by molar-refractivity contribution is 6.07. The van der Waals surface area contributed by atoms with Gasteiger partial charge in [0.05, 0.1) is 0 Å². The van der Waals surface area contributed by atoms with Crippen molar-refractivity contribution in [1.29, 1.82) is 0 Å². The standard InChI is InChI=1S/C18H15FN2O2/c1-11(22)12-4-3-5-15(9-12)20-18(23)17-10-13-8-14(19)6-7-16(13)21(17)2/h3-10H,1-2H3,(H,20,23). The van der Waals surface area contributed by atoms with Crippen molar-refractivity contribution in [3.63, 3.8) is 0 Å². The number of carbonyl (C=O) groups is 2. The first-order valence-electron chi connectivity index (χ1n) is 7.13. The van der Waals surface area contributed by atoms with E-state index in [4.69, 9.17) is 0 Å². The van der Waals surface area contributed by atoms with Gasteiger partial charge in [-0.25, -0.2) is 4.39 Å². The minimum Gasteiger partial charge on any atom is -0.340 e. The third-order valence-electron chi connectivity index (χ3n) is 3.76. The summed E-state index contributed by atoms with van der Waals surface area (Å²) in [4.78, 5) is 23.9. The minimum absolute atomic E-state index is 0.0684. The summed E-state index contributed by atoms with van der Waals surface area (Å²) < 4.78 is 15.0. The van der Waals surface area contributed by atoms with E-state index in [1.165, 1.54) is 19.1 Å². The second kappa shape index (κ2) is 5.68. The van der Waals surface area contributed by atoms with Crippen LogP contribution in [0.3, 0.4) is 0 Å². The van der Waals surface area contributed by atoms with Crippen LogP contribution in [0.15, 0.2) is 48.5 Å². The lowest BCUT2D eigenvalue weighted by Crippen LogP contribution is -2.15. The second-order valence-electron chi connectivity index (χ2n) is 5.38. The Bertz CT molecular complexity index is 928. The van der Waals surface area contributed by atoms with Gasteiger partial charge in [-0.3, -0.25) is 9.59 Å². The molecule has 0 radical (unpaired) electrons. The van der Waals surface area contributed by atoms with E-state index in [0.717, 1.165) is 5.52 Å². The molecule has 5 heteroatoms. The average molecular weight is 310 g/mol. The lowest BCUT2D eigenvalue weighted by Gasteiger charge is -2.07. The van der Waals surface area contributed by atoms with Gasteiger partial charge in [0, 0.05) is 29.2 Å². The van der Waals surface area contributed by atoms with Crippen LogP contribution in [0.4, 0.5) is 10.1 Å². The molecule has 1 amide bonds. The number of hydrogen-bond acceptors (Lipinski definition) is 2. The fourth-order valence-corrected chi connectivity index (χ4v) is 2.55. The van der Waals surface area contributed by atoms with Crippen molar-refractivity contribution in [2.24, 2.45) is 7.05 Å². The molecule has 3 rings (SSSR count). The van der Waals surface area contributed by atoms with E-state index in [2.05, 4.69) is 5.32 Å². The molecule has 0 aliphatic heterocycles. The van der Waals surface area contributed by atoms with Crippen LogP contribution in [0.5, 0.6) is 0 Å². The number of nitrogens with zero attached hydrogens (tertiary/aromatic N) is 1. The lowest BCUT2D eigenvalue weighted by atomic mass is 10.1. The molecule has 0 unspecified atom stereocenters. The molecule has 0 bridgehead atoms. The van der Waals surface area contributed by atoms with Crippen molar-refractivity contribution in [2.75, 3.05) is 5.32 Å². The van der Waals surface area contributed by atoms with Crippen molar-refractivity contribution < 1.29 is 14.0 Å². The Morgan fingerprint density at radius 1 is 1.09 bits per heavy atom. The highest BCUT2D eigenvalue weighted by Crippen LogP contribution is 2.21. The number of Topliss-reactive ketones (excluding diaryl/α,β-unsaturated/α-hetero) is 1. The fraction of sp³-hybridized carbons (Fsp3) is 0.111. The summed E-state index contributed by atoms with van der Waals surface area (Å²) in [6.07, 6.45) is 0. The zero-order valence-electron chi connectivity index (χ0n) is 12.8. The molecule has 116 valence electrons. The average Bonchev–Trinajstić information content (AvgIpc) is 2.84. The Hall–Kier alpha value is -2.95. The molecular formula is C18H15FN2O2. The third kappa shape index (κ3) is 2.85. The van der Waals surface area contributed by atoms with Gasteiger partial charge in [0.1, 0.15) is 11.5 Å². The van der Waals surface area contributed by atoms with Crippen LogP contribution in [0, 0.1) is 5.82 Å². The van der Waals surface area contributed by atoms with Crippen molar-refractivity contribution >= 4 is 28.3 Å². The van der Waals surface area contributed by atoms with Gasteiger partial charge in [0.2, 0.25) is 0 Å². The predicted octanol–water partition coefficient (Wildman–Crippen LogP) is 3.77. The number of aryl methyl sites for hydroxylation is 1.